The molecule has 6 heteroatoms. The highest BCUT2D eigenvalue weighted by atomic mass is 79.9. The molecule has 0 bridgehead atoms. The minimum absolute atomic E-state index is 0.118. The van der Waals surface area contributed by atoms with Crippen molar-refractivity contribution in [2.75, 3.05) is 10.2 Å². The molecule has 1 aliphatic heterocycles. The Labute approximate surface area is 142 Å². The maximum absolute atomic E-state index is 12.1. The number of esters is 1. The molecule has 2 aromatic carbocycles. The minimum Gasteiger partial charge on any atom is -0.456 e. The molecule has 0 saturated heterocycles. The molecule has 118 valence electrons. The van der Waals surface area contributed by atoms with Crippen LogP contribution in [0.5, 0.6) is 0 Å². The van der Waals surface area contributed by atoms with Crippen LogP contribution in [-0.2, 0) is 16.0 Å². The summed E-state index contributed by atoms with van der Waals surface area (Å²) in [7, 11) is 0. The molecule has 0 saturated carbocycles. The highest BCUT2D eigenvalue weighted by Gasteiger charge is 2.30. The number of urea groups is 1. The Hall–Kier alpha value is -2.34. The van der Waals surface area contributed by atoms with Crippen molar-refractivity contribution in [3.8, 4) is 0 Å². The second-order valence-electron chi connectivity index (χ2n) is 5.18. The third-order valence-corrected chi connectivity index (χ3v) is 4.22. The fourth-order valence-electron chi connectivity index (χ4n) is 2.84. The van der Waals surface area contributed by atoms with E-state index < -0.39 is 12.1 Å². The van der Waals surface area contributed by atoms with E-state index in [2.05, 4.69) is 15.9 Å². The van der Waals surface area contributed by atoms with Crippen LogP contribution in [0.25, 0.3) is 0 Å². The predicted octanol–water partition coefficient (Wildman–Crippen LogP) is 3.44. The average molecular weight is 375 g/mol. The van der Waals surface area contributed by atoms with Gasteiger partial charge in [-0.15, -0.1) is 0 Å². The summed E-state index contributed by atoms with van der Waals surface area (Å²) in [6, 6.07) is 14.2. The lowest BCUT2D eigenvalue weighted by atomic mass is 10.0. The van der Waals surface area contributed by atoms with Gasteiger partial charge in [-0.05, 0) is 17.7 Å². The average Bonchev–Trinajstić information content (AvgIpc) is 2.69. The van der Waals surface area contributed by atoms with E-state index in [1.54, 1.807) is 6.07 Å². The standard InChI is InChI=1S/C17H15BrN2O3/c18-10-16(21)23-15-9-11-5-1-3-7-13(11)20(17(19)22)14-8-4-2-6-12(14)15/h1-8,15H,9-10H2,(H2,19,22). The number of alkyl halides is 1. The van der Waals surface area contributed by atoms with Crippen LogP contribution < -0.4 is 10.6 Å². The number of hydrogen-bond acceptors (Lipinski definition) is 3. The summed E-state index contributed by atoms with van der Waals surface area (Å²) in [5.74, 6) is -0.352. The lowest BCUT2D eigenvalue weighted by Gasteiger charge is -2.23. The maximum Gasteiger partial charge on any atom is 0.323 e. The highest BCUT2D eigenvalue weighted by molar-refractivity contribution is 9.09. The fraction of sp³-hybridized carbons (Fsp3) is 0.176. The summed E-state index contributed by atoms with van der Waals surface area (Å²) >= 11 is 3.11. The second kappa shape index (κ2) is 6.42. The Morgan fingerprint density at radius 3 is 2.48 bits per heavy atom. The lowest BCUT2D eigenvalue weighted by Crippen LogP contribution is -2.32. The Balaban J connectivity index is 2.18. The van der Waals surface area contributed by atoms with E-state index >= 15 is 0 Å². The normalized spacial score (nSPS) is 16.0. The third kappa shape index (κ3) is 2.94. The number of primary amides is 1. The molecule has 0 aromatic heterocycles. The molecule has 0 radical (unpaired) electrons. The number of fused-ring (bicyclic) bond motifs is 2. The van der Waals surface area contributed by atoms with Crippen LogP contribution in [0.3, 0.4) is 0 Å². The first-order valence-electron chi connectivity index (χ1n) is 7.13. The van der Waals surface area contributed by atoms with Crippen molar-refractivity contribution in [1.29, 1.82) is 0 Å². The van der Waals surface area contributed by atoms with Gasteiger partial charge in [-0.2, -0.15) is 0 Å². The minimum atomic E-state index is -0.572. The third-order valence-electron chi connectivity index (χ3n) is 3.77. The number of anilines is 2. The number of nitrogens with two attached hydrogens (primary N) is 1. The molecule has 1 atom stereocenters. The van der Waals surface area contributed by atoms with Crippen LogP contribution in [0.15, 0.2) is 48.5 Å². The van der Waals surface area contributed by atoms with E-state index in [1.165, 1.54) is 4.90 Å². The van der Waals surface area contributed by atoms with Crippen LogP contribution in [0.2, 0.25) is 0 Å². The topological polar surface area (TPSA) is 72.6 Å². The molecule has 2 aromatic rings. The lowest BCUT2D eigenvalue weighted by molar-refractivity contribution is -0.145. The van der Waals surface area contributed by atoms with Gasteiger partial charge in [0.25, 0.3) is 0 Å². The number of halogens is 1. The molecule has 1 aliphatic rings. The van der Waals surface area contributed by atoms with E-state index in [0.29, 0.717) is 17.8 Å². The summed E-state index contributed by atoms with van der Waals surface area (Å²) < 4.78 is 5.57. The van der Waals surface area contributed by atoms with Gasteiger partial charge >= 0.3 is 12.0 Å². The van der Waals surface area contributed by atoms with E-state index in [-0.39, 0.29) is 11.3 Å². The molecule has 23 heavy (non-hydrogen) atoms. The van der Waals surface area contributed by atoms with E-state index in [1.807, 2.05) is 42.5 Å². The Kier molecular flexibility index (Phi) is 4.34. The van der Waals surface area contributed by atoms with E-state index in [4.69, 9.17) is 10.5 Å². The molecular formula is C17H15BrN2O3. The van der Waals surface area contributed by atoms with Crippen molar-refractivity contribution in [3.05, 3.63) is 59.7 Å². The number of amides is 2. The molecule has 1 heterocycles. The summed E-state index contributed by atoms with van der Waals surface area (Å²) in [4.78, 5) is 25.3. The number of benzene rings is 2. The quantitative estimate of drug-likeness (QED) is 0.646. The molecule has 0 aliphatic carbocycles. The van der Waals surface area contributed by atoms with Crippen LogP contribution in [0.1, 0.15) is 17.2 Å². The van der Waals surface area contributed by atoms with Crippen molar-refractivity contribution < 1.29 is 14.3 Å². The van der Waals surface area contributed by atoms with Crippen LogP contribution in [0.4, 0.5) is 16.2 Å². The van der Waals surface area contributed by atoms with Gasteiger partial charge in [0.15, 0.2) is 0 Å². The summed E-state index contributed by atoms with van der Waals surface area (Å²) in [5, 5.41) is 0.118. The van der Waals surface area contributed by atoms with E-state index in [0.717, 1.165) is 11.1 Å². The SMILES string of the molecule is NC(=O)N1c2ccccc2CC(OC(=O)CBr)c2ccccc21. The zero-order valence-corrected chi connectivity index (χ0v) is 13.8. The number of hydrogen-bond donors (Lipinski definition) is 1. The summed E-state index contributed by atoms with van der Waals surface area (Å²) in [6.45, 7) is 0. The Morgan fingerprint density at radius 2 is 1.78 bits per heavy atom. The van der Waals surface area contributed by atoms with Crippen molar-refractivity contribution >= 4 is 39.3 Å². The smallest absolute Gasteiger partial charge is 0.323 e. The number of rotatable bonds is 2. The molecule has 1 unspecified atom stereocenters. The molecular weight excluding hydrogens is 360 g/mol. The first kappa shape index (κ1) is 15.6. The molecule has 2 amide bonds. The first-order valence-corrected chi connectivity index (χ1v) is 8.26. The van der Waals surface area contributed by atoms with Crippen molar-refractivity contribution in [3.63, 3.8) is 0 Å². The largest absolute Gasteiger partial charge is 0.456 e. The number of carbonyl (C=O) groups is 2. The van der Waals surface area contributed by atoms with Gasteiger partial charge in [-0.3, -0.25) is 9.69 Å². The number of ether oxygens (including phenoxy) is 1. The molecule has 2 N–H and O–H groups in total. The maximum atomic E-state index is 12.1. The Morgan fingerprint density at radius 1 is 1.13 bits per heavy atom. The number of nitrogens with zero attached hydrogens (tertiary/aromatic N) is 1. The predicted molar refractivity (Wildman–Crippen MR) is 90.9 cm³/mol. The van der Waals surface area contributed by atoms with Gasteiger partial charge in [0.05, 0.1) is 11.4 Å². The zero-order valence-electron chi connectivity index (χ0n) is 12.2. The summed E-state index contributed by atoms with van der Waals surface area (Å²) in [6.07, 6.45) is 0.0112. The molecule has 0 spiro atoms. The molecule has 5 nitrogen and oxygen atoms in total. The fourth-order valence-corrected chi connectivity index (χ4v) is 2.97. The van der Waals surface area contributed by atoms with Gasteiger partial charge < -0.3 is 10.5 Å². The number of carbonyl (C=O) groups excluding carboxylic acids is 2. The van der Waals surface area contributed by atoms with Crippen LogP contribution in [-0.4, -0.2) is 17.3 Å². The first-order chi connectivity index (χ1) is 11.1. The van der Waals surface area contributed by atoms with E-state index in [9.17, 15) is 9.59 Å². The Bertz CT molecular complexity index is 763. The monoisotopic (exact) mass is 374 g/mol. The highest BCUT2D eigenvalue weighted by Crippen LogP contribution is 2.41. The molecule has 3 rings (SSSR count). The van der Waals surface area contributed by atoms with Gasteiger partial charge in [-0.1, -0.05) is 52.3 Å². The number of para-hydroxylation sites is 2. The second-order valence-corrected chi connectivity index (χ2v) is 5.74. The van der Waals surface area contributed by atoms with Gasteiger partial charge in [0, 0.05) is 12.0 Å². The summed E-state index contributed by atoms with van der Waals surface area (Å²) in [5.41, 5.74) is 8.62. The van der Waals surface area contributed by atoms with Crippen molar-refractivity contribution in [1.82, 2.24) is 0 Å². The van der Waals surface area contributed by atoms with Gasteiger partial charge in [-0.25, -0.2) is 4.79 Å². The van der Waals surface area contributed by atoms with Crippen molar-refractivity contribution in [2.45, 2.75) is 12.5 Å². The van der Waals surface area contributed by atoms with Gasteiger partial charge in [0.2, 0.25) is 0 Å². The molecule has 0 fully saturated rings. The van der Waals surface area contributed by atoms with Crippen LogP contribution >= 0.6 is 15.9 Å². The van der Waals surface area contributed by atoms with Gasteiger partial charge in [0.1, 0.15) is 11.4 Å². The zero-order chi connectivity index (χ0) is 16.4. The van der Waals surface area contributed by atoms with Crippen LogP contribution in [0, 0.1) is 0 Å². The van der Waals surface area contributed by atoms with Crippen molar-refractivity contribution in [2.24, 2.45) is 5.73 Å².